The van der Waals surface area contributed by atoms with Gasteiger partial charge in [-0.05, 0) is 44.0 Å². The minimum Gasteiger partial charge on any atom is -0.467 e. The maximum atomic E-state index is 15.6. The van der Waals surface area contributed by atoms with Gasteiger partial charge in [0.25, 0.3) is 0 Å². The topological polar surface area (TPSA) is 154 Å². The van der Waals surface area contributed by atoms with Crippen molar-refractivity contribution < 1.29 is 22.1 Å². The first kappa shape index (κ1) is 24.6. The molecule has 2 unspecified atom stereocenters. The van der Waals surface area contributed by atoms with E-state index in [1.54, 1.807) is 31.3 Å². The number of aliphatic imine (C=N–C) groups is 1. The van der Waals surface area contributed by atoms with Gasteiger partial charge in [0, 0.05) is 22.9 Å². The van der Waals surface area contributed by atoms with Gasteiger partial charge < -0.3 is 20.2 Å². The predicted molar refractivity (Wildman–Crippen MR) is 145 cm³/mol. The van der Waals surface area contributed by atoms with Crippen molar-refractivity contribution in [2.75, 3.05) is 18.5 Å². The Morgan fingerprint density at radius 3 is 2.88 bits per heavy atom. The van der Waals surface area contributed by atoms with E-state index in [4.69, 9.17) is 19.9 Å². The van der Waals surface area contributed by atoms with E-state index in [1.807, 2.05) is 0 Å². The third-order valence-electron chi connectivity index (χ3n) is 9.33. The molecule has 3 N–H and O–H groups in total. The van der Waals surface area contributed by atoms with Crippen LogP contribution in [0.2, 0.25) is 0 Å². The number of alkyl halides is 1. The molecular weight excluding hydrogens is 554 g/mol. The number of hydrogen-bond acceptors (Lipinski definition) is 11. The van der Waals surface area contributed by atoms with Gasteiger partial charge in [0.1, 0.15) is 40.4 Å². The molecule has 0 amide bonds. The van der Waals surface area contributed by atoms with Gasteiger partial charge >= 0.3 is 0 Å². The summed E-state index contributed by atoms with van der Waals surface area (Å²) in [6.45, 7) is 1.31. The maximum Gasteiger partial charge on any atom is 0.233 e. The average Bonchev–Trinajstić information content (AvgIpc) is 3.21. The second kappa shape index (κ2) is 7.75. The van der Waals surface area contributed by atoms with Crippen LogP contribution < -0.4 is 15.8 Å². The second-order valence-electron chi connectivity index (χ2n) is 11.2. The van der Waals surface area contributed by atoms with Gasteiger partial charge in [0.05, 0.1) is 38.9 Å². The highest BCUT2D eigenvalue weighted by molar-refractivity contribution is 7.98. The summed E-state index contributed by atoms with van der Waals surface area (Å²) in [7, 11) is -3.14. The van der Waals surface area contributed by atoms with E-state index in [9.17, 15) is 8.60 Å². The van der Waals surface area contributed by atoms with Gasteiger partial charge in [0.15, 0.2) is 12.4 Å². The Labute approximate surface area is 232 Å². The summed E-state index contributed by atoms with van der Waals surface area (Å²) in [4.78, 5) is 22.1. The predicted octanol–water partition coefficient (Wildman–Crippen LogP) is 3.78. The number of nitrogens with one attached hydrogen (secondary N) is 1. The number of nitrogens with zero attached hydrogens (tertiary/aromatic N) is 6. The number of anilines is 2. The molecule has 5 atom stereocenters. The van der Waals surface area contributed by atoms with Crippen molar-refractivity contribution in [3.63, 3.8) is 0 Å². The average molecular weight is 579 g/mol. The summed E-state index contributed by atoms with van der Waals surface area (Å²) in [6.07, 6.45) is 6.89. The smallest absolute Gasteiger partial charge is 0.233 e. The first-order chi connectivity index (χ1) is 19.7. The monoisotopic (exact) mass is 578 g/mol. The first-order valence-electron chi connectivity index (χ1n) is 13.0. The molecule has 2 fully saturated rings. The number of ether oxygens (including phenoxy) is 1. The molecule has 1 saturated carbocycles. The van der Waals surface area contributed by atoms with Crippen LogP contribution in [0.25, 0.3) is 11.0 Å². The van der Waals surface area contributed by atoms with E-state index in [1.165, 1.54) is 24.7 Å². The Bertz CT molecular complexity index is 1930. The molecule has 41 heavy (non-hydrogen) atoms. The number of rotatable bonds is 7. The molecule has 0 radical (unpaired) electrons. The van der Waals surface area contributed by atoms with Gasteiger partial charge in [0.2, 0.25) is 11.8 Å². The Hall–Kier alpha value is -4.20. The van der Waals surface area contributed by atoms with Crippen molar-refractivity contribution in [2.24, 2.45) is 20.5 Å². The third kappa shape index (κ3) is 2.80. The van der Waals surface area contributed by atoms with Crippen LogP contribution in [-0.2, 0) is 21.9 Å². The molecule has 1 saturated heterocycles. The molecule has 210 valence electrons. The molecule has 1 spiro atoms. The molecule has 11 nitrogen and oxygen atoms in total. The summed E-state index contributed by atoms with van der Waals surface area (Å²) in [5.74, 6) is 0.516. The highest BCUT2D eigenvalue weighted by Gasteiger charge is 2.93. The highest BCUT2D eigenvalue weighted by Crippen LogP contribution is 2.84. The molecule has 6 heterocycles. The lowest BCUT2D eigenvalue weighted by Crippen LogP contribution is -2.61. The number of hydrogen-bond donors (Lipinski definition) is 2. The fourth-order valence-corrected chi connectivity index (χ4v) is 11.8. The SMILES string of the molecule is C[C@]1(c2cc(Nc3nccc4nc(OCc5ncco5)cnc34)ccc2F)N=C(N)[C@@]2(CF)C[C@@]34CN=S2(=O)C31C4. The number of halogens is 2. The molecule has 4 bridgehead atoms. The summed E-state index contributed by atoms with van der Waals surface area (Å²) in [5.41, 5.74) is 6.29. The van der Waals surface area contributed by atoms with Gasteiger partial charge in [-0.3, -0.25) is 4.99 Å². The highest BCUT2D eigenvalue weighted by atomic mass is 32.2. The van der Waals surface area contributed by atoms with E-state index >= 15 is 4.39 Å². The zero-order valence-corrected chi connectivity index (χ0v) is 22.6. The molecule has 4 aliphatic rings. The van der Waals surface area contributed by atoms with Crippen molar-refractivity contribution in [1.29, 1.82) is 0 Å². The molecule has 3 aliphatic heterocycles. The van der Waals surface area contributed by atoms with Crippen molar-refractivity contribution in [3.05, 3.63) is 66.4 Å². The number of nitrogens with two attached hydrogens (primary N) is 1. The quantitative estimate of drug-likeness (QED) is 0.333. The van der Waals surface area contributed by atoms with Crippen LogP contribution in [0.5, 0.6) is 5.88 Å². The summed E-state index contributed by atoms with van der Waals surface area (Å²) < 4.78 is 57.5. The van der Waals surface area contributed by atoms with Crippen molar-refractivity contribution >= 4 is 38.1 Å². The van der Waals surface area contributed by atoms with Crippen molar-refractivity contribution in [3.8, 4) is 5.88 Å². The Balaban J connectivity index is 1.16. The minimum absolute atomic E-state index is 0.0437. The summed E-state index contributed by atoms with van der Waals surface area (Å²) in [6, 6.07) is 6.21. The zero-order chi connectivity index (χ0) is 28.3. The minimum atomic E-state index is -3.14. The van der Waals surface area contributed by atoms with E-state index in [-0.39, 0.29) is 23.9 Å². The number of benzene rings is 1. The van der Waals surface area contributed by atoms with Crippen LogP contribution in [0.4, 0.5) is 20.3 Å². The Kier molecular flexibility index (Phi) is 4.65. The van der Waals surface area contributed by atoms with Gasteiger partial charge in [-0.2, -0.15) is 0 Å². The first-order valence-corrected chi connectivity index (χ1v) is 14.6. The molecule has 3 aromatic heterocycles. The molecular formula is C27H24F2N8O3S. The van der Waals surface area contributed by atoms with Crippen LogP contribution >= 0.6 is 0 Å². The summed E-state index contributed by atoms with van der Waals surface area (Å²) >= 11 is 0. The van der Waals surface area contributed by atoms with Crippen LogP contribution in [-0.4, -0.2) is 52.7 Å². The zero-order valence-electron chi connectivity index (χ0n) is 21.8. The lowest BCUT2D eigenvalue weighted by Gasteiger charge is -2.45. The fourth-order valence-electron chi connectivity index (χ4n) is 7.45. The van der Waals surface area contributed by atoms with E-state index < -0.39 is 42.7 Å². The third-order valence-corrected chi connectivity index (χ3v) is 13.3. The van der Waals surface area contributed by atoms with Crippen molar-refractivity contribution in [1.82, 2.24) is 19.9 Å². The normalized spacial score (nSPS) is 34.2. The van der Waals surface area contributed by atoms with Gasteiger partial charge in [-0.1, -0.05) is 0 Å². The number of aromatic nitrogens is 4. The standard InChI is InChI=1S/C27H24F2N8O3S/c1-24(27-12-25(27)11-26(13-28,23(30)37-24)41(27,38)34-14-25)16-8-15(2-3-17(16)29)35-22-21-18(4-5-32-22)36-19(9-33-21)40-10-20-31-6-7-39-20/h2-9H,10-14H2,1H3,(H2,30,37)(H,32,35)/t24-,25-,26+,27?,41?/m1/s1. The maximum absolute atomic E-state index is 15.6. The lowest BCUT2D eigenvalue weighted by molar-refractivity contribution is 0.253. The van der Waals surface area contributed by atoms with Crippen LogP contribution in [0.15, 0.2) is 62.9 Å². The van der Waals surface area contributed by atoms with E-state index in [2.05, 4.69) is 29.6 Å². The van der Waals surface area contributed by atoms with Crippen molar-refractivity contribution in [2.45, 2.75) is 41.4 Å². The van der Waals surface area contributed by atoms with E-state index in [0.717, 1.165) is 0 Å². The number of oxazole rings is 1. The summed E-state index contributed by atoms with van der Waals surface area (Å²) in [5, 5.41) is 3.21. The fraction of sp³-hybridized carbons (Fsp3) is 0.370. The molecule has 1 aromatic carbocycles. The Morgan fingerprint density at radius 1 is 1.20 bits per heavy atom. The lowest BCUT2D eigenvalue weighted by atomic mass is 9.81. The Morgan fingerprint density at radius 2 is 2.07 bits per heavy atom. The van der Waals surface area contributed by atoms with Gasteiger partial charge in [-0.15, -0.1) is 0 Å². The number of pyridine rings is 1. The van der Waals surface area contributed by atoms with Crippen LogP contribution in [0.1, 0.15) is 31.2 Å². The molecule has 4 aromatic rings. The van der Waals surface area contributed by atoms with E-state index in [0.29, 0.717) is 47.8 Å². The number of amidine groups is 1. The van der Waals surface area contributed by atoms with Gasteiger partial charge in [-0.25, -0.2) is 37.3 Å². The van der Waals surface area contributed by atoms with Crippen LogP contribution in [0, 0.1) is 11.2 Å². The second-order valence-corrected chi connectivity index (χ2v) is 14.0. The molecule has 1 aliphatic carbocycles. The molecule has 14 heteroatoms. The molecule has 8 rings (SSSR count). The van der Waals surface area contributed by atoms with Crippen LogP contribution in [0.3, 0.4) is 0 Å². The number of fused-ring (bicyclic) bond motifs is 1. The largest absolute Gasteiger partial charge is 0.467 e.